The summed E-state index contributed by atoms with van der Waals surface area (Å²) in [7, 11) is 3.25. The van der Waals surface area contributed by atoms with Crippen LogP contribution in [-0.4, -0.2) is 39.1 Å². The highest BCUT2D eigenvalue weighted by atomic mass is 16.5. The predicted octanol–water partition coefficient (Wildman–Crippen LogP) is 0.382. The van der Waals surface area contributed by atoms with Crippen LogP contribution < -0.4 is 25.4 Å². The Labute approximate surface area is 158 Å². The number of nitrogens with one attached hydrogen (secondary N) is 2. The maximum absolute atomic E-state index is 12.4. The summed E-state index contributed by atoms with van der Waals surface area (Å²) >= 11 is 0. The number of benzene rings is 2. The van der Waals surface area contributed by atoms with Crippen molar-refractivity contribution >= 4 is 17.5 Å². The minimum absolute atomic E-state index is 0.0687. The van der Waals surface area contributed by atoms with Crippen LogP contribution in [0.5, 0.6) is 11.5 Å². The molecule has 4 N–H and O–H groups in total. The molecule has 1 heterocycles. The number of carbonyl (C=O) groups excluding carboxylic acids is 2. The van der Waals surface area contributed by atoms with Crippen molar-refractivity contribution in [2.24, 2.45) is 5.73 Å². The first-order valence-corrected chi connectivity index (χ1v) is 8.77. The molecule has 0 aromatic heterocycles. The summed E-state index contributed by atoms with van der Waals surface area (Å²) in [5, 5.41) is 2.86. The number of amides is 2. The first-order chi connectivity index (χ1) is 13.0. The molecule has 2 aromatic rings. The number of quaternary nitrogens is 1. The van der Waals surface area contributed by atoms with E-state index in [0.29, 0.717) is 23.5 Å². The number of primary amides is 1. The van der Waals surface area contributed by atoms with Gasteiger partial charge < -0.3 is 25.4 Å². The van der Waals surface area contributed by atoms with Crippen molar-refractivity contribution in [3.63, 3.8) is 0 Å². The van der Waals surface area contributed by atoms with Gasteiger partial charge in [0, 0.05) is 23.2 Å². The molecule has 0 saturated carbocycles. The van der Waals surface area contributed by atoms with Gasteiger partial charge in [-0.1, -0.05) is 0 Å². The predicted molar refractivity (Wildman–Crippen MR) is 101 cm³/mol. The number of fused-ring (bicyclic) bond motifs is 1. The lowest BCUT2D eigenvalue weighted by Gasteiger charge is -2.26. The van der Waals surface area contributed by atoms with Crippen LogP contribution >= 0.6 is 0 Å². The van der Waals surface area contributed by atoms with Gasteiger partial charge >= 0.3 is 0 Å². The Morgan fingerprint density at radius 2 is 1.70 bits per heavy atom. The molecule has 0 saturated heterocycles. The molecule has 7 nitrogen and oxygen atoms in total. The van der Waals surface area contributed by atoms with Crippen LogP contribution in [0, 0.1) is 0 Å². The summed E-state index contributed by atoms with van der Waals surface area (Å²) in [6, 6.07) is 10.6. The zero-order valence-electron chi connectivity index (χ0n) is 15.5. The van der Waals surface area contributed by atoms with Crippen molar-refractivity contribution in [1.29, 1.82) is 0 Å². The van der Waals surface area contributed by atoms with E-state index in [1.165, 1.54) is 16.0 Å². The number of nitrogens with two attached hydrogens (primary N) is 1. The molecule has 0 radical (unpaired) electrons. The maximum atomic E-state index is 12.4. The summed E-state index contributed by atoms with van der Waals surface area (Å²) in [4.78, 5) is 24.6. The summed E-state index contributed by atoms with van der Waals surface area (Å²) in [6.07, 6.45) is 0.881. The molecular weight excluding hydrogens is 346 g/mol. The second kappa shape index (κ2) is 8.09. The molecule has 1 atom stereocenters. The largest absolute Gasteiger partial charge is 0.493 e. The molecule has 27 heavy (non-hydrogen) atoms. The van der Waals surface area contributed by atoms with Gasteiger partial charge in [-0.15, -0.1) is 0 Å². The van der Waals surface area contributed by atoms with Gasteiger partial charge in [-0.05, 0) is 42.0 Å². The van der Waals surface area contributed by atoms with Crippen LogP contribution in [0.15, 0.2) is 36.4 Å². The Bertz CT molecular complexity index is 849. The fourth-order valence-electron chi connectivity index (χ4n) is 3.33. The standard InChI is InChI=1S/C20H23N3O4/c1-26-17-9-14-7-8-23(11-15(14)10-18(17)27-2)12-19(24)22-16-5-3-13(4-6-16)20(21)25/h3-6,9-10H,7-8,11-12H2,1-2H3,(H2,21,25)(H,22,24)/p+1. The average Bonchev–Trinajstić information content (AvgIpc) is 2.67. The third kappa shape index (κ3) is 4.38. The first kappa shape index (κ1) is 18.7. The van der Waals surface area contributed by atoms with Crippen molar-refractivity contribution in [3.8, 4) is 11.5 Å². The van der Waals surface area contributed by atoms with Crippen LogP contribution in [0.1, 0.15) is 21.5 Å². The highest BCUT2D eigenvalue weighted by molar-refractivity contribution is 5.95. The zero-order chi connectivity index (χ0) is 19.4. The summed E-state index contributed by atoms with van der Waals surface area (Å²) in [6.45, 7) is 1.99. The van der Waals surface area contributed by atoms with Crippen molar-refractivity contribution in [2.75, 3.05) is 32.6 Å². The molecule has 0 fully saturated rings. The third-order valence-electron chi connectivity index (χ3n) is 4.76. The van der Waals surface area contributed by atoms with Gasteiger partial charge in [-0.3, -0.25) is 9.59 Å². The average molecular weight is 370 g/mol. The van der Waals surface area contributed by atoms with E-state index >= 15 is 0 Å². The van der Waals surface area contributed by atoms with E-state index in [0.717, 1.165) is 25.3 Å². The summed E-state index contributed by atoms with van der Waals surface area (Å²) in [5.74, 6) is 0.880. The van der Waals surface area contributed by atoms with Crippen LogP contribution in [-0.2, 0) is 17.8 Å². The molecule has 1 aliphatic heterocycles. The Morgan fingerprint density at radius 3 is 2.30 bits per heavy atom. The monoisotopic (exact) mass is 370 g/mol. The van der Waals surface area contributed by atoms with E-state index in [9.17, 15) is 9.59 Å². The van der Waals surface area contributed by atoms with Gasteiger partial charge in [-0.25, -0.2) is 0 Å². The fraction of sp³-hybridized carbons (Fsp3) is 0.300. The van der Waals surface area contributed by atoms with E-state index < -0.39 is 5.91 Å². The summed E-state index contributed by atoms with van der Waals surface area (Å²) in [5.41, 5.74) is 8.69. The number of ether oxygens (including phenoxy) is 2. The molecule has 0 spiro atoms. The lowest BCUT2D eigenvalue weighted by molar-refractivity contribution is -0.907. The Kier molecular flexibility index (Phi) is 5.61. The van der Waals surface area contributed by atoms with Crippen molar-refractivity contribution in [1.82, 2.24) is 0 Å². The van der Waals surface area contributed by atoms with E-state index in [2.05, 4.69) is 5.32 Å². The minimum Gasteiger partial charge on any atom is -0.493 e. The SMILES string of the molecule is COc1cc2c(cc1OC)C[NH+](CC(=O)Nc1ccc(C(N)=O)cc1)CC2. The van der Waals surface area contributed by atoms with Crippen molar-refractivity contribution in [3.05, 3.63) is 53.1 Å². The number of carbonyl (C=O) groups is 2. The lowest BCUT2D eigenvalue weighted by atomic mass is 9.99. The zero-order valence-corrected chi connectivity index (χ0v) is 15.5. The van der Waals surface area contributed by atoms with Gasteiger partial charge in [0.1, 0.15) is 6.54 Å². The van der Waals surface area contributed by atoms with Crippen LogP contribution in [0.25, 0.3) is 0 Å². The van der Waals surface area contributed by atoms with Crippen LogP contribution in [0.4, 0.5) is 5.69 Å². The topological polar surface area (TPSA) is 95.1 Å². The number of hydrogen-bond acceptors (Lipinski definition) is 4. The van der Waals surface area contributed by atoms with Gasteiger partial charge in [0.25, 0.3) is 5.91 Å². The molecule has 2 amide bonds. The quantitative estimate of drug-likeness (QED) is 0.685. The van der Waals surface area contributed by atoms with E-state index in [-0.39, 0.29) is 5.91 Å². The van der Waals surface area contributed by atoms with E-state index in [1.54, 1.807) is 38.5 Å². The minimum atomic E-state index is -0.489. The van der Waals surface area contributed by atoms with Crippen molar-refractivity contribution < 1.29 is 24.0 Å². The Morgan fingerprint density at radius 1 is 1.07 bits per heavy atom. The molecule has 0 aliphatic carbocycles. The second-order valence-corrected chi connectivity index (χ2v) is 6.57. The maximum Gasteiger partial charge on any atom is 0.279 e. The summed E-state index contributed by atoms with van der Waals surface area (Å²) < 4.78 is 10.7. The van der Waals surface area contributed by atoms with Crippen LogP contribution in [0.3, 0.4) is 0 Å². The molecule has 142 valence electrons. The number of rotatable bonds is 6. The number of methoxy groups -OCH3 is 2. The van der Waals surface area contributed by atoms with E-state index in [4.69, 9.17) is 15.2 Å². The normalized spacial score (nSPS) is 15.6. The fourth-order valence-corrected chi connectivity index (χ4v) is 3.33. The molecule has 0 bridgehead atoms. The highest BCUT2D eigenvalue weighted by Crippen LogP contribution is 2.31. The highest BCUT2D eigenvalue weighted by Gasteiger charge is 2.24. The molecule has 3 rings (SSSR count). The smallest absolute Gasteiger partial charge is 0.279 e. The van der Waals surface area contributed by atoms with Crippen LogP contribution in [0.2, 0.25) is 0 Å². The molecule has 1 unspecified atom stereocenters. The molecule has 7 heteroatoms. The number of anilines is 1. The molecule has 1 aliphatic rings. The van der Waals surface area contributed by atoms with Gasteiger partial charge in [0.05, 0.1) is 20.8 Å². The number of hydrogen-bond donors (Lipinski definition) is 3. The van der Waals surface area contributed by atoms with Gasteiger partial charge in [0.15, 0.2) is 18.0 Å². The van der Waals surface area contributed by atoms with E-state index in [1.807, 2.05) is 12.1 Å². The Hall–Kier alpha value is -3.06. The first-order valence-electron chi connectivity index (χ1n) is 8.77. The Balaban J connectivity index is 1.62. The van der Waals surface area contributed by atoms with Gasteiger partial charge in [0.2, 0.25) is 5.91 Å². The lowest BCUT2D eigenvalue weighted by Crippen LogP contribution is -3.12. The van der Waals surface area contributed by atoms with Crippen molar-refractivity contribution in [2.45, 2.75) is 13.0 Å². The second-order valence-electron chi connectivity index (χ2n) is 6.57. The molecule has 2 aromatic carbocycles. The third-order valence-corrected chi connectivity index (χ3v) is 4.76. The molecular formula is C20H24N3O4+. The van der Waals surface area contributed by atoms with Gasteiger partial charge in [-0.2, -0.15) is 0 Å².